The van der Waals surface area contributed by atoms with Gasteiger partial charge in [-0.05, 0) is 34.9 Å². The van der Waals surface area contributed by atoms with E-state index in [0.29, 0.717) is 5.75 Å². The molecule has 0 spiro atoms. The van der Waals surface area contributed by atoms with Gasteiger partial charge in [-0.3, -0.25) is 4.79 Å². The van der Waals surface area contributed by atoms with Crippen LogP contribution in [-0.4, -0.2) is 34.9 Å². The third-order valence-electron chi connectivity index (χ3n) is 4.54. The van der Waals surface area contributed by atoms with Gasteiger partial charge in [-0.1, -0.05) is 53.7 Å². The maximum atomic E-state index is 12.6. The lowest BCUT2D eigenvalue weighted by Gasteiger charge is -2.27. The predicted octanol–water partition coefficient (Wildman–Crippen LogP) is 3.96. The van der Waals surface area contributed by atoms with E-state index in [4.69, 9.17) is 15.2 Å². The fourth-order valence-electron chi connectivity index (χ4n) is 2.83. The minimum atomic E-state index is -0.613. The van der Waals surface area contributed by atoms with Gasteiger partial charge in [0.2, 0.25) is 0 Å². The lowest BCUT2D eigenvalue weighted by Crippen LogP contribution is -2.24. The molecule has 0 saturated carbocycles. The molecular weight excluding hydrogens is 370 g/mol. The number of nitrogens with two attached hydrogens (primary N) is 1. The zero-order valence-electron chi connectivity index (χ0n) is 18.3. The van der Waals surface area contributed by atoms with Gasteiger partial charge in [0.15, 0.2) is 6.61 Å². The highest BCUT2D eigenvalue weighted by molar-refractivity contribution is 5.96. The zero-order valence-corrected chi connectivity index (χ0v) is 18.3. The molecule has 7 nitrogen and oxygen atoms in total. The van der Waals surface area contributed by atoms with Gasteiger partial charge in [0, 0.05) is 0 Å². The Bertz CT molecular complexity index is 902. The highest BCUT2D eigenvalue weighted by Crippen LogP contribution is 2.35. The molecule has 0 fully saturated rings. The topological polar surface area (TPSA) is 96.4 Å². The van der Waals surface area contributed by atoms with Crippen molar-refractivity contribution >= 4 is 17.7 Å². The molecule has 0 unspecified atom stereocenters. The smallest absolute Gasteiger partial charge is 0.343 e. The molecule has 2 rings (SSSR count). The van der Waals surface area contributed by atoms with Crippen molar-refractivity contribution in [1.82, 2.24) is 9.78 Å². The number of carbonyl (C=O) groups excluding carboxylic acids is 2. The van der Waals surface area contributed by atoms with E-state index in [-0.39, 0.29) is 35.4 Å². The number of ether oxygens (including phenoxy) is 2. The van der Waals surface area contributed by atoms with E-state index in [1.165, 1.54) is 11.8 Å². The molecule has 29 heavy (non-hydrogen) atoms. The fraction of sp³-hybridized carbons (Fsp3) is 0.500. The molecule has 1 heterocycles. The number of esters is 1. The van der Waals surface area contributed by atoms with Crippen molar-refractivity contribution in [2.75, 3.05) is 18.9 Å². The Morgan fingerprint density at radius 2 is 1.76 bits per heavy atom. The first-order valence-electron chi connectivity index (χ1n) is 9.68. The molecule has 2 aromatic rings. The Morgan fingerprint density at radius 3 is 2.31 bits per heavy atom. The van der Waals surface area contributed by atoms with Crippen LogP contribution in [0.1, 0.15) is 74.7 Å². The summed E-state index contributed by atoms with van der Waals surface area (Å²) in [6, 6.07) is 6.03. The zero-order chi connectivity index (χ0) is 22.0. The van der Waals surface area contributed by atoms with Crippen molar-refractivity contribution in [2.24, 2.45) is 0 Å². The number of hydrogen-bond acceptors (Lipinski definition) is 6. The molecule has 0 amide bonds. The quantitative estimate of drug-likeness (QED) is 0.762. The van der Waals surface area contributed by atoms with E-state index in [0.717, 1.165) is 10.2 Å². The number of anilines is 1. The molecule has 0 aliphatic heterocycles. The Kier molecular flexibility index (Phi) is 6.40. The van der Waals surface area contributed by atoms with Gasteiger partial charge >= 0.3 is 5.97 Å². The van der Waals surface area contributed by atoms with Gasteiger partial charge in [-0.15, -0.1) is 0 Å². The number of rotatable bonds is 5. The average Bonchev–Trinajstić information content (AvgIpc) is 2.99. The molecular formula is C22H31N3O4. The number of aromatic nitrogens is 2. The van der Waals surface area contributed by atoms with Crippen molar-refractivity contribution in [3.8, 4) is 5.75 Å². The Morgan fingerprint density at radius 1 is 1.10 bits per heavy atom. The molecule has 0 bridgehead atoms. The van der Waals surface area contributed by atoms with Gasteiger partial charge in [-0.2, -0.15) is 9.78 Å². The van der Waals surface area contributed by atoms with E-state index in [2.05, 4.69) is 52.7 Å². The Balaban J connectivity index is 2.24. The highest BCUT2D eigenvalue weighted by Gasteiger charge is 2.24. The summed E-state index contributed by atoms with van der Waals surface area (Å²) in [5, 5.41) is 3.91. The van der Waals surface area contributed by atoms with Crippen LogP contribution in [0.2, 0.25) is 0 Å². The minimum Gasteiger partial charge on any atom is -0.483 e. The van der Waals surface area contributed by atoms with Gasteiger partial charge in [-0.25, -0.2) is 4.79 Å². The summed E-state index contributed by atoms with van der Waals surface area (Å²) in [5.41, 5.74) is 7.99. The Hall–Kier alpha value is -2.83. The van der Waals surface area contributed by atoms with Crippen LogP contribution in [-0.2, 0) is 15.6 Å². The number of benzene rings is 1. The summed E-state index contributed by atoms with van der Waals surface area (Å²) >= 11 is 0. The van der Waals surface area contributed by atoms with Crippen molar-refractivity contribution in [3.05, 3.63) is 41.1 Å². The normalized spacial score (nSPS) is 12.0. The average molecular weight is 402 g/mol. The van der Waals surface area contributed by atoms with Crippen LogP contribution in [0, 0.1) is 0 Å². The van der Waals surface area contributed by atoms with Crippen molar-refractivity contribution < 1.29 is 19.1 Å². The van der Waals surface area contributed by atoms with E-state index in [9.17, 15) is 9.59 Å². The molecule has 1 aromatic heterocycles. The van der Waals surface area contributed by atoms with Crippen molar-refractivity contribution in [3.63, 3.8) is 0 Å². The predicted molar refractivity (Wildman–Crippen MR) is 113 cm³/mol. The SMILES string of the molecule is CCOC(=O)c1cnn(C(=O)COc2ccc(C(C)(C)C)cc2C(C)(C)C)c1N. The molecule has 2 N–H and O–H groups in total. The van der Waals surface area contributed by atoms with Gasteiger partial charge < -0.3 is 15.2 Å². The number of nitrogens with zero attached hydrogens (tertiary/aromatic N) is 2. The van der Waals surface area contributed by atoms with Gasteiger partial charge in [0.1, 0.15) is 17.1 Å². The summed E-state index contributed by atoms with van der Waals surface area (Å²) in [5.74, 6) is -0.512. The largest absolute Gasteiger partial charge is 0.483 e. The third-order valence-corrected chi connectivity index (χ3v) is 4.54. The summed E-state index contributed by atoms with van der Waals surface area (Å²) in [7, 11) is 0. The lowest BCUT2D eigenvalue weighted by atomic mass is 9.80. The van der Waals surface area contributed by atoms with Crippen molar-refractivity contribution in [1.29, 1.82) is 0 Å². The van der Waals surface area contributed by atoms with E-state index in [1.807, 2.05) is 12.1 Å². The van der Waals surface area contributed by atoms with Gasteiger partial charge in [0.25, 0.3) is 5.91 Å². The summed E-state index contributed by atoms with van der Waals surface area (Å²) in [4.78, 5) is 24.4. The second-order valence-corrected chi connectivity index (χ2v) is 8.97. The van der Waals surface area contributed by atoms with Crippen molar-refractivity contribution in [2.45, 2.75) is 59.3 Å². The Labute approximate surface area is 172 Å². The van der Waals surface area contributed by atoms with Crippen LogP contribution < -0.4 is 10.5 Å². The van der Waals surface area contributed by atoms with E-state index >= 15 is 0 Å². The first-order chi connectivity index (χ1) is 13.4. The number of carbonyl (C=O) groups is 2. The standard InChI is InChI=1S/C22H31N3O4/c1-8-28-20(27)15-12-24-25(19(15)23)18(26)13-29-17-10-9-14(21(2,3)4)11-16(17)22(5,6)7/h9-12H,8,13,23H2,1-7H3. The maximum Gasteiger partial charge on any atom is 0.343 e. The van der Waals surface area contributed by atoms with Crippen LogP contribution in [0.25, 0.3) is 0 Å². The molecule has 7 heteroatoms. The van der Waals surface area contributed by atoms with Gasteiger partial charge in [0.05, 0.1) is 12.8 Å². The molecule has 158 valence electrons. The van der Waals surface area contributed by atoms with E-state index < -0.39 is 11.9 Å². The molecule has 0 aliphatic carbocycles. The second kappa shape index (κ2) is 8.27. The minimum absolute atomic E-state index is 0.00135. The number of hydrogen-bond donors (Lipinski definition) is 1. The lowest BCUT2D eigenvalue weighted by molar-refractivity contribution is 0.0527. The highest BCUT2D eigenvalue weighted by atomic mass is 16.5. The first kappa shape index (κ1) is 22.5. The first-order valence-corrected chi connectivity index (χ1v) is 9.68. The molecule has 1 aromatic carbocycles. The maximum absolute atomic E-state index is 12.6. The monoisotopic (exact) mass is 401 g/mol. The van der Waals surface area contributed by atoms with Crippen LogP contribution in [0.3, 0.4) is 0 Å². The number of nitrogen functional groups attached to an aromatic ring is 1. The molecule has 0 radical (unpaired) electrons. The summed E-state index contributed by atoms with van der Waals surface area (Å²) < 4.78 is 11.7. The summed E-state index contributed by atoms with van der Waals surface area (Å²) in [6.07, 6.45) is 1.23. The summed E-state index contributed by atoms with van der Waals surface area (Å²) in [6.45, 7) is 14.4. The fourth-order valence-corrected chi connectivity index (χ4v) is 2.83. The van der Waals surface area contributed by atoms with E-state index in [1.54, 1.807) is 6.92 Å². The second-order valence-electron chi connectivity index (χ2n) is 8.97. The van der Waals surface area contributed by atoms with Crippen LogP contribution in [0.5, 0.6) is 5.75 Å². The molecule has 0 saturated heterocycles. The molecule has 0 aliphatic rings. The molecule has 0 atom stereocenters. The van der Waals surface area contributed by atoms with Crippen LogP contribution >= 0.6 is 0 Å². The van der Waals surface area contributed by atoms with Crippen LogP contribution in [0.15, 0.2) is 24.4 Å². The third kappa shape index (κ3) is 5.16. The van der Waals surface area contributed by atoms with Crippen LogP contribution in [0.4, 0.5) is 5.82 Å².